The van der Waals surface area contributed by atoms with Crippen LogP contribution in [0.25, 0.3) is 0 Å². The highest BCUT2D eigenvalue weighted by Crippen LogP contribution is 2.42. The van der Waals surface area contributed by atoms with E-state index in [-0.39, 0.29) is 0 Å². The minimum Gasteiger partial charge on any atom is -0.396 e. The fraction of sp³-hybridized carbons (Fsp3) is 0.583. The lowest BCUT2D eigenvalue weighted by Gasteiger charge is -2.22. The summed E-state index contributed by atoms with van der Waals surface area (Å²) in [5.41, 5.74) is 7.95. The number of hydrogen-bond donors (Lipinski definition) is 1. The fourth-order valence-corrected chi connectivity index (χ4v) is 3.79. The van der Waals surface area contributed by atoms with Gasteiger partial charge in [-0.2, -0.15) is 0 Å². The van der Waals surface area contributed by atoms with Gasteiger partial charge in [0.05, 0.1) is 22.0 Å². The molecule has 0 aromatic carbocycles. The smallest absolute Gasteiger partial charge is 0.0776 e. The normalized spacial score (nSPS) is 28.4. The van der Waals surface area contributed by atoms with Crippen LogP contribution in [0.1, 0.15) is 19.3 Å². The average molecular weight is 282 g/mol. The van der Waals surface area contributed by atoms with Gasteiger partial charge in [-0.1, -0.05) is 6.42 Å². The maximum Gasteiger partial charge on any atom is 0.0776 e. The van der Waals surface area contributed by atoms with Crippen LogP contribution in [-0.2, 0) is 0 Å². The topological polar surface area (TPSA) is 42.1 Å². The third-order valence-corrected chi connectivity index (χ3v) is 4.52. The average Bonchev–Trinajstić information content (AvgIpc) is 2.77. The summed E-state index contributed by atoms with van der Waals surface area (Å²) in [6.45, 7) is 2.33. The predicted octanol–water partition coefficient (Wildman–Crippen LogP) is 2.66. The van der Waals surface area contributed by atoms with Crippen molar-refractivity contribution in [1.82, 2.24) is 4.98 Å². The van der Waals surface area contributed by atoms with Crippen molar-refractivity contribution < 1.29 is 0 Å². The molecule has 3 rings (SSSR count). The molecule has 4 heteroatoms. The number of fused-ring (bicyclic) bond motifs is 1. The molecule has 16 heavy (non-hydrogen) atoms. The summed E-state index contributed by atoms with van der Waals surface area (Å²) in [6, 6.07) is 0. The fourth-order valence-electron chi connectivity index (χ4n) is 3.19. The first-order valence-electron chi connectivity index (χ1n) is 5.89. The summed E-state index contributed by atoms with van der Waals surface area (Å²) < 4.78 is 1.02. The van der Waals surface area contributed by atoms with E-state index in [4.69, 9.17) is 5.73 Å². The zero-order valence-corrected chi connectivity index (χ0v) is 10.8. The zero-order chi connectivity index (χ0) is 11.1. The van der Waals surface area contributed by atoms with Crippen molar-refractivity contribution in [2.45, 2.75) is 19.3 Å². The van der Waals surface area contributed by atoms with Crippen LogP contribution in [0.3, 0.4) is 0 Å². The number of hydrogen-bond acceptors (Lipinski definition) is 3. The van der Waals surface area contributed by atoms with Crippen LogP contribution in [0, 0.1) is 11.8 Å². The molecule has 0 radical (unpaired) electrons. The third-order valence-electron chi connectivity index (χ3n) is 3.94. The number of rotatable bonds is 1. The molecule has 2 heterocycles. The summed E-state index contributed by atoms with van der Waals surface area (Å²) in [5.74, 6) is 1.78. The minimum absolute atomic E-state index is 0.786. The van der Waals surface area contributed by atoms with Gasteiger partial charge >= 0.3 is 0 Å². The van der Waals surface area contributed by atoms with E-state index in [1.165, 1.54) is 19.3 Å². The lowest BCUT2D eigenvalue weighted by Crippen LogP contribution is -2.22. The predicted molar refractivity (Wildman–Crippen MR) is 69.4 cm³/mol. The first-order chi connectivity index (χ1) is 7.75. The molecule has 3 nitrogen and oxygen atoms in total. The molecule has 2 unspecified atom stereocenters. The number of aromatic nitrogens is 1. The summed E-state index contributed by atoms with van der Waals surface area (Å²) in [6.07, 6.45) is 7.78. The SMILES string of the molecule is Nc1cncc(Br)c1N1CC2CCCC2C1. The van der Waals surface area contributed by atoms with Crippen molar-refractivity contribution >= 4 is 27.3 Å². The van der Waals surface area contributed by atoms with Crippen LogP contribution in [0.2, 0.25) is 0 Å². The molecule has 1 saturated carbocycles. The number of nitrogens with two attached hydrogens (primary N) is 1. The van der Waals surface area contributed by atoms with E-state index in [0.29, 0.717) is 0 Å². The Kier molecular flexibility index (Phi) is 2.54. The van der Waals surface area contributed by atoms with Crippen LogP contribution in [0.5, 0.6) is 0 Å². The van der Waals surface area contributed by atoms with Gasteiger partial charge in [0.15, 0.2) is 0 Å². The molecule has 0 bridgehead atoms. The molecule has 0 spiro atoms. The second kappa shape index (κ2) is 3.91. The van der Waals surface area contributed by atoms with Gasteiger partial charge in [-0.25, -0.2) is 0 Å². The molecule has 1 saturated heterocycles. The van der Waals surface area contributed by atoms with Crippen molar-refractivity contribution in [2.24, 2.45) is 11.8 Å². The number of pyridine rings is 1. The molecule has 2 fully saturated rings. The molecule has 0 amide bonds. The second-order valence-corrected chi connectivity index (χ2v) is 5.77. The molecule has 2 N–H and O–H groups in total. The largest absolute Gasteiger partial charge is 0.396 e. The van der Waals surface area contributed by atoms with Gasteiger partial charge in [-0.05, 0) is 40.6 Å². The van der Waals surface area contributed by atoms with E-state index in [9.17, 15) is 0 Å². The van der Waals surface area contributed by atoms with E-state index in [0.717, 1.165) is 40.8 Å². The van der Waals surface area contributed by atoms with Crippen molar-refractivity contribution in [2.75, 3.05) is 23.7 Å². The number of halogens is 1. The lowest BCUT2D eigenvalue weighted by atomic mass is 10.0. The van der Waals surface area contributed by atoms with Crippen LogP contribution in [0.15, 0.2) is 16.9 Å². The maximum atomic E-state index is 6.02. The molecule has 2 aliphatic rings. The Hall–Kier alpha value is -0.770. The standard InChI is InChI=1S/C12H16BrN3/c13-10-4-15-5-11(14)12(10)16-6-8-2-1-3-9(8)7-16/h4-5,8-9H,1-3,6-7,14H2. The molecule has 1 aromatic rings. The van der Waals surface area contributed by atoms with Gasteiger partial charge in [-0.3, -0.25) is 4.98 Å². The highest BCUT2D eigenvalue weighted by Gasteiger charge is 2.37. The van der Waals surface area contributed by atoms with Crippen LogP contribution in [0.4, 0.5) is 11.4 Å². The van der Waals surface area contributed by atoms with E-state index >= 15 is 0 Å². The Bertz CT molecular complexity index is 375. The lowest BCUT2D eigenvalue weighted by molar-refractivity contribution is 0.494. The Balaban J connectivity index is 1.88. The maximum absolute atomic E-state index is 6.02. The Morgan fingerprint density at radius 2 is 1.94 bits per heavy atom. The Morgan fingerprint density at radius 1 is 1.25 bits per heavy atom. The van der Waals surface area contributed by atoms with Gasteiger partial charge in [0.2, 0.25) is 0 Å². The highest BCUT2D eigenvalue weighted by molar-refractivity contribution is 9.10. The quantitative estimate of drug-likeness (QED) is 0.861. The summed E-state index contributed by atoms with van der Waals surface area (Å²) in [4.78, 5) is 6.52. The van der Waals surface area contributed by atoms with E-state index in [1.807, 2.05) is 6.20 Å². The number of nitrogen functional groups attached to an aromatic ring is 1. The first kappa shape index (κ1) is 10.4. The Labute approximate surface area is 104 Å². The van der Waals surface area contributed by atoms with Gasteiger partial charge in [-0.15, -0.1) is 0 Å². The van der Waals surface area contributed by atoms with E-state index in [2.05, 4.69) is 25.8 Å². The molecule has 2 atom stereocenters. The molecular weight excluding hydrogens is 266 g/mol. The van der Waals surface area contributed by atoms with Crippen molar-refractivity contribution in [1.29, 1.82) is 0 Å². The third kappa shape index (κ3) is 1.59. The molecular formula is C12H16BrN3. The summed E-state index contributed by atoms with van der Waals surface area (Å²) >= 11 is 3.55. The minimum atomic E-state index is 0.786. The molecule has 86 valence electrons. The summed E-state index contributed by atoms with van der Waals surface area (Å²) in [5, 5.41) is 0. The van der Waals surface area contributed by atoms with Gasteiger partial charge in [0.1, 0.15) is 0 Å². The Morgan fingerprint density at radius 3 is 2.56 bits per heavy atom. The monoisotopic (exact) mass is 281 g/mol. The van der Waals surface area contributed by atoms with E-state index < -0.39 is 0 Å². The zero-order valence-electron chi connectivity index (χ0n) is 9.19. The molecule has 1 aliphatic carbocycles. The molecule has 1 aliphatic heterocycles. The second-order valence-electron chi connectivity index (χ2n) is 4.92. The van der Waals surface area contributed by atoms with Crippen LogP contribution >= 0.6 is 15.9 Å². The molecule has 1 aromatic heterocycles. The van der Waals surface area contributed by atoms with Crippen LogP contribution in [-0.4, -0.2) is 18.1 Å². The van der Waals surface area contributed by atoms with Crippen molar-refractivity contribution in [3.63, 3.8) is 0 Å². The van der Waals surface area contributed by atoms with Gasteiger partial charge in [0.25, 0.3) is 0 Å². The van der Waals surface area contributed by atoms with E-state index in [1.54, 1.807) is 6.20 Å². The first-order valence-corrected chi connectivity index (χ1v) is 6.69. The van der Waals surface area contributed by atoms with Gasteiger partial charge < -0.3 is 10.6 Å². The highest BCUT2D eigenvalue weighted by atomic mass is 79.9. The van der Waals surface area contributed by atoms with Crippen molar-refractivity contribution in [3.05, 3.63) is 16.9 Å². The van der Waals surface area contributed by atoms with Crippen molar-refractivity contribution in [3.8, 4) is 0 Å². The number of nitrogens with zero attached hydrogens (tertiary/aromatic N) is 2. The number of anilines is 2. The van der Waals surface area contributed by atoms with Crippen LogP contribution < -0.4 is 10.6 Å². The summed E-state index contributed by atoms with van der Waals surface area (Å²) in [7, 11) is 0. The van der Waals surface area contributed by atoms with Gasteiger partial charge in [0, 0.05) is 19.3 Å².